The van der Waals surface area contributed by atoms with Gasteiger partial charge in [-0.3, -0.25) is 4.79 Å². The van der Waals surface area contributed by atoms with Crippen LogP contribution < -0.4 is 5.56 Å². The van der Waals surface area contributed by atoms with Crippen LogP contribution in [0.15, 0.2) is 23.0 Å². The van der Waals surface area contributed by atoms with Gasteiger partial charge in [-0.1, -0.05) is 13.0 Å². The van der Waals surface area contributed by atoms with Crippen molar-refractivity contribution >= 4 is 27.5 Å². The van der Waals surface area contributed by atoms with Crippen molar-refractivity contribution in [3.05, 3.63) is 62.0 Å². The van der Waals surface area contributed by atoms with Gasteiger partial charge in [0.15, 0.2) is 0 Å². The minimum atomic E-state index is -1.15. The molecule has 140 valence electrons. The van der Waals surface area contributed by atoms with Crippen molar-refractivity contribution in [2.24, 2.45) is 5.92 Å². The number of hydrogen-bond acceptors (Lipinski definition) is 5. The van der Waals surface area contributed by atoms with Crippen LogP contribution >= 0.6 is 11.3 Å². The van der Waals surface area contributed by atoms with Gasteiger partial charge in [-0.2, -0.15) is 0 Å². The molecule has 0 spiro atoms. The van der Waals surface area contributed by atoms with E-state index in [1.165, 1.54) is 16.2 Å². The van der Waals surface area contributed by atoms with Crippen molar-refractivity contribution in [2.75, 3.05) is 0 Å². The molecule has 0 unspecified atom stereocenters. The van der Waals surface area contributed by atoms with Crippen molar-refractivity contribution in [1.82, 2.24) is 9.97 Å². The first-order valence-corrected chi connectivity index (χ1v) is 9.40. The lowest BCUT2D eigenvalue weighted by molar-refractivity contribution is 0.0451. The van der Waals surface area contributed by atoms with Crippen LogP contribution in [0.5, 0.6) is 0 Å². The largest absolute Gasteiger partial charge is 0.454 e. The molecule has 0 saturated carbocycles. The zero-order valence-corrected chi connectivity index (χ0v) is 15.3. The van der Waals surface area contributed by atoms with Gasteiger partial charge in [0.25, 0.3) is 5.56 Å². The van der Waals surface area contributed by atoms with Crippen molar-refractivity contribution in [2.45, 2.75) is 32.8 Å². The summed E-state index contributed by atoms with van der Waals surface area (Å²) in [6.07, 6.45) is 2.81. The van der Waals surface area contributed by atoms with Crippen LogP contribution in [0.2, 0.25) is 0 Å². The Balaban J connectivity index is 1.60. The average molecular weight is 390 g/mol. The summed E-state index contributed by atoms with van der Waals surface area (Å²) in [7, 11) is 0. The van der Waals surface area contributed by atoms with Crippen LogP contribution in [0.25, 0.3) is 10.2 Å². The van der Waals surface area contributed by atoms with Crippen LogP contribution in [-0.4, -0.2) is 15.9 Å². The lowest BCUT2D eigenvalue weighted by atomic mass is 9.89. The molecule has 0 aliphatic heterocycles. The first-order chi connectivity index (χ1) is 12.9. The summed E-state index contributed by atoms with van der Waals surface area (Å²) in [6.45, 7) is 1.80. The van der Waals surface area contributed by atoms with Gasteiger partial charge in [0, 0.05) is 4.88 Å². The number of fused-ring (bicyclic) bond motifs is 3. The molecular weight excluding hydrogens is 374 g/mol. The number of aromatic nitrogens is 2. The molecule has 2 aromatic heterocycles. The fourth-order valence-corrected chi connectivity index (χ4v) is 4.76. The number of carbonyl (C=O) groups excluding carboxylic acids is 1. The number of aromatic amines is 1. The molecule has 0 radical (unpaired) electrons. The maximum atomic E-state index is 13.6. The summed E-state index contributed by atoms with van der Waals surface area (Å²) in [5.41, 5.74) is 0.00972. The van der Waals surface area contributed by atoms with Gasteiger partial charge in [0.1, 0.15) is 34.5 Å². The Kier molecular flexibility index (Phi) is 4.51. The van der Waals surface area contributed by atoms with Crippen LogP contribution in [0.1, 0.15) is 40.0 Å². The summed E-state index contributed by atoms with van der Waals surface area (Å²) >= 11 is 1.48. The number of aryl methyl sites for hydroxylation is 1. The molecule has 5 nitrogen and oxygen atoms in total. The minimum Gasteiger partial charge on any atom is -0.454 e. The first-order valence-electron chi connectivity index (χ1n) is 8.58. The number of ether oxygens (including phenoxy) is 1. The van der Waals surface area contributed by atoms with E-state index in [0.29, 0.717) is 16.1 Å². The Morgan fingerprint density at radius 1 is 1.37 bits per heavy atom. The summed E-state index contributed by atoms with van der Waals surface area (Å²) in [5, 5.41) is 0.595. The number of hydrogen-bond donors (Lipinski definition) is 1. The van der Waals surface area contributed by atoms with E-state index >= 15 is 0 Å². The lowest BCUT2D eigenvalue weighted by Gasteiger charge is -2.17. The van der Waals surface area contributed by atoms with E-state index in [0.717, 1.165) is 43.0 Å². The fraction of sp³-hybridized carbons (Fsp3) is 0.316. The summed E-state index contributed by atoms with van der Waals surface area (Å²) < 4.78 is 32.3. The Hall–Kier alpha value is -2.61. The Bertz CT molecular complexity index is 1090. The zero-order valence-electron chi connectivity index (χ0n) is 14.5. The molecule has 1 aliphatic rings. The average Bonchev–Trinajstić information content (AvgIpc) is 2.97. The third-order valence-corrected chi connectivity index (χ3v) is 5.87. The molecule has 27 heavy (non-hydrogen) atoms. The highest BCUT2D eigenvalue weighted by Gasteiger charge is 2.23. The summed E-state index contributed by atoms with van der Waals surface area (Å²) in [6, 6.07) is 3.11. The summed E-state index contributed by atoms with van der Waals surface area (Å²) in [5.74, 6) is -2.44. The highest BCUT2D eigenvalue weighted by Crippen LogP contribution is 2.35. The van der Waals surface area contributed by atoms with Gasteiger partial charge >= 0.3 is 5.97 Å². The van der Waals surface area contributed by atoms with Crippen LogP contribution in [0, 0.1) is 17.6 Å². The molecule has 1 atom stereocenters. The number of esters is 1. The van der Waals surface area contributed by atoms with Gasteiger partial charge in [-0.05, 0) is 42.9 Å². The molecular formula is C19H16F2N2O3S. The summed E-state index contributed by atoms with van der Waals surface area (Å²) in [4.78, 5) is 33.2. The van der Waals surface area contributed by atoms with Gasteiger partial charge in [-0.25, -0.2) is 18.6 Å². The SMILES string of the molecule is C[C@H]1CCc2c(sc3nc(COC(=O)c4c(F)cccc4F)[nH]c(=O)c23)C1. The number of thiophene rings is 1. The second-order valence-electron chi connectivity index (χ2n) is 6.72. The van der Waals surface area contributed by atoms with Crippen molar-refractivity contribution in [3.8, 4) is 0 Å². The molecule has 0 fully saturated rings. The number of halogens is 2. The van der Waals surface area contributed by atoms with E-state index in [1.54, 1.807) is 0 Å². The van der Waals surface area contributed by atoms with Crippen molar-refractivity contribution < 1.29 is 18.3 Å². The van der Waals surface area contributed by atoms with Gasteiger partial charge in [0.2, 0.25) is 0 Å². The molecule has 1 aromatic carbocycles. The number of benzene rings is 1. The minimum absolute atomic E-state index is 0.143. The predicted molar refractivity (Wildman–Crippen MR) is 96.9 cm³/mol. The van der Waals surface area contributed by atoms with Gasteiger partial charge in [0.05, 0.1) is 5.39 Å². The number of nitrogens with one attached hydrogen (secondary N) is 1. The normalized spacial score (nSPS) is 16.3. The monoisotopic (exact) mass is 390 g/mol. The van der Waals surface area contributed by atoms with Crippen LogP contribution in [0.3, 0.4) is 0 Å². The smallest absolute Gasteiger partial charge is 0.344 e. The first kappa shape index (κ1) is 17.8. The lowest BCUT2D eigenvalue weighted by Crippen LogP contribution is -2.16. The highest BCUT2D eigenvalue weighted by molar-refractivity contribution is 7.18. The van der Waals surface area contributed by atoms with Crippen molar-refractivity contribution in [3.63, 3.8) is 0 Å². The Morgan fingerprint density at radius 3 is 2.85 bits per heavy atom. The number of carbonyl (C=O) groups is 1. The molecule has 2 heterocycles. The van der Waals surface area contributed by atoms with Crippen molar-refractivity contribution in [1.29, 1.82) is 0 Å². The topological polar surface area (TPSA) is 72.0 Å². The third kappa shape index (κ3) is 3.25. The van der Waals surface area contributed by atoms with E-state index in [1.807, 2.05) is 0 Å². The molecule has 3 aromatic rings. The Morgan fingerprint density at radius 2 is 2.11 bits per heavy atom. The predicted octanol–water partition coefficient (Wildman–Crippen LogP) is 3.74. The second-order valence-corrected chi connectivity index (χ2v) is 7.80. The zero-order chi connectivity index (χ0) is 19.1. The number of nitrogens with zero attached hydrogens (tertiary/aromatic N) is 1. The fourth-order valence-electron chi connectivity index (χ4n) is 3.36. The maximum Gasteiger partial charge on any atom is 0.344 e. The van der Waals surface area contributed by atoms with Gasteiger partial charge in [-0.15, -0.1) is 11.3 Å². The van der Waals surface area contributed by atoms with Crippen LogP contribution in [-0.2, 0) is 24.2 Å². The van der Waals surface area contributed by atoms with E-state index in [-0.39, 0.29) is 18.0 Å². The van der Waals surface area contributed by atoms with Crippen LogP contribution in [0.4, 0.5) is 8.78 Å². The third-order valence-electron chi connectivity index (χ3n) is 4.72. The molecule has 8 heteroatoms. The Labute approximate surface area is 157 Å². The highest BCUT2D eigenvalue weighted by atomic mass is 32.1. The standard InChI is InChI=1S/C19H16F2N2O3S/c1-9-5-6-10-13(7-9)27-18-15(10)17(24)22-14(23-18)8-26-19(25)16-11(20)3-2-4-12(16)21/h2-4,9H,5-8H2,1H3,(H,22,23,24)/t9-/m0/s1. The quantitative estimate of drug-likeness (QED) is 0.692. The maximum absolute atomic E-state index is 13.6. The van der Waals surface area contributed by atoms with E-state index < -0.39 is 23.2 Å². The molecule has 4 rings (SSSR count). The molecule has 0 saturated heterocycles. The van der Waals surface area contributed by atoms with E-state index in [9.17, 15) is 18.4 Å². The molecule has 0 amide bonds. The number of H-pyrrole nitrogens is 1. The number of rotatable bonds is 3. The molecule has 1 aliphatic carbocycles. The second kappa shape index (κ2) is 6.84. The molecule has 0 bridgehead atoms. The van der Waals surface area contributed by atoms with Gasteiger partial charge < -0.3 is 9.72 Å². The molecule has 1 N–H and O–H groups in total. The van der Waals surface area contributed by atoms with E-state index in [2.05, 4.69) is 16.9 Å². The van der Waals surface area contributed by atoms with E-state index in [4.69, 9.17) is 4.74 Å².